The molecule has 0 spiro atoms. The number of aldehydes is 1. The minimum atomic E-state index is -2.67. The first-order chi connectivity index (χ1) is 9.50. The molecule has 1 amide bonds. The fourth-order valence-corrected chi connectivity index (χ4v) is 2.00. The molecular weight excluding hydrogens is 268 g/mol. The fraction of sp³-hybridized carbons (Fsp3) is 0.429. The van der Waals surface area contributed by atoms with Gasteiger partial charge >= 0.3 is 0 Å². The van der Waals surface area contributed by atoms with E-state index in [-0.39, 0.29) is 38.4 Å². The molecule has 1 saturated heterocycles. The second-order valence-electron chi connectivity index (χ2n) is 4.72. The first kappa shape index (κ1) is 14.4. The Labute approximate surface area is 115 Å². The zero-order valence-electron chi connectivity index (χ0n) is 10.9. The van der Waals surface area contributed by atoms with Crippen LogP contribution in [0.1, 0.15) is 23.2 Å². The van der Waals surface area contributed by atoms with Gasteiger partial charge in [-0.15, -0.1) is 0 Å². The highest BCUT2D eigenvalue weighted by molar-refractivity contribution is 5.78. The Morgan fingerprint density at radius 3 is 2.70 bits per heavy atom. The Morgan fingerprint density at radius 2 is 2.05 bits per heavy atom. The van der Waals surface area contributed by atoms with Gasteiger partial charge < -0.3 is 9.64 Å². The molecule has 1 aromatic carbocycles. The first-order valence-corrected chi connectivity index (χ1v) is 6.34. The van der Waals surface area contributed by atoms with Gasteiger partial charge in [-0.25, -0.2) is 8.78 Å². The second kappa shape index (κ2) is 5.98. The van der Waals surface area contributed by atoms with Gasteiger partial charge in [0, 0.05) is 31.5 Å². The van der Waals surface area contributed by atoms with E-state index in [4.69, 9.17) is 4.74 Å². The molecular formula is C14H15F2NO3. The van der Waals surface area contributed by atoms with Gasteiger partial charge in [-0.2, -0.15) is 0 Å². The summed E-state index contributed by atoms with van der Waals surface area (Å²) < 4.78 is 31.2. The van der Waals surface area contributed by atoms with Crippen LogP contribution in [-0.2, 0) is 4.79 Å². The number of halogens is 2. The SMILES string of the molecule is O=Cc1cccc(OCC(=O)N2CCC(F)(F)CC2)c1. The summed E-state index contributed by atoms with van der Waals surface area (Å²) in [6.07, 6.45) is 0.0696. The summed E-state index contributed by atoms with van der Waals surface area (Å²) >= 11 is 0. The highest BCUT2D eigenvalue weighted by Gasteiger charge is 2.35. The fourth-order valence-electron chi connectivity index (χ4n) is 2.00. The van der Waals surface area contributed by atoms with Gasteiger partial charge in [0.05, 0.1) is 0 Å². The van der Waals surface area contributed by atoms with Crippen molar-refractivity contribution in [1.82, 2.24) is 4.90 Å². The number of amides is 1. The number of carbonyl (C=O) groups excluding carboxylic acids is 2. The molecule has 0 bridgehead atoms. The maximum absolute atomic E-state index is 13.0. The molecule has 0 atom stereocenters. The lowest BCUT2D eigenvalue weighted by Crippen LogP contribution is -2.44. The third-order valence-corrected chi connectivity index (χ3v) is 3.20. The van der Waals surface area contributed by atoms with Crippen LogP contribution in [-0.4, -0.2) is 42.7 Å². The molecule has 1 heterocycles. The van der Waals surface area contributed by atoms with Crippen LogP contribution in [0.5, 0.6) is 5.75 Å². The average Bonchev–Trinajstić information content (AvgIpc) is 2.45. The third-order valence-electron chi connectivity index (χ3n) is 3.20. The van der Waals surface area contributed by atoms with Gasteiger partial charge in [0.2, 0.25) is 0 Å². The van der Waals surface area contributed by atoms with E-state index in [1.807, 2.05) is 0 Å². The van der Waals surface area contributed by atoms with E-state index in [0.29, 0.717) is 17.6 Å². The van der Waals surface area contributed by atoms with Gasteiger partial charge in [-0.3, -0.25) is 9.59 Å². The molecule has 1 fully saturated rings. The van der Waals surface area contributed by atoms with Crippen molar-refractivity contribution in [2.45, 2.75) is 18.8 Å². The standard InChI is InChI=1S/C14H15F2NO3/c15-14(16)4-6-17(7-5-14)13(19)10-20-12-3-1-2-11(8-12)9-18/h1-3,8-9H,4-7,10H2. The molecule has 0 aromatic heterocycles. The van der Waals surface area contributed by atoms with Crippen molar-refractivity contribution < 1.29 is 23.1 Å². The summed E-state index contributed by atoms with van der Waals surface area (Å²) in [6.45, 7) is -0.124. The smallest absolute Gasteiger partial charge is 0.260 e. The average molecular weight is 283 g/mol. The minimum Gasteiger partial charge on any atom is -0.484 e. The number of carbonyl (C=O) groups is 2. The van der Waals surface area contributed by atoms with Crippen LogP contribution in [0.2, 0.25) is 0 Å². The molecule has 0 N–H and O–H groups in total. The van der Waals surface area contributed by atoms with E-state index in [1.54, 1.807) is 18.2 Å². The van der Waals surface area contributed by atoms with Crippen LogP contribution >= 0.6 is 0 Å². The molecule has 4 nitrogen and oxygen atoms in total. The molecule has 108 valence electrons. The highest BCUT2D eigenvalue weighted by Crippen LogP contribution is 2.27. The molecule has 0 unspecified atom stereocenters. The lowest BCUT2D eigenvalue weighted by molar-refractivity contribution is -0.139. The number of rotatable bonds is 4. The van der Waals surface area contributed by atoms with Crippen LogP contribution in [0, 0.1) is 0 Å². The number of ether oxygens (including phenoxy) is 1. The van der Waals surface area contributed by atoms with Crippen molar-refractivity contribution >= 4 is 12.2 Å². The summed E-state index contributed by atoms with van der Waals surface area (Å²) in [5, 5.41) is 0. The normalized spacial score (nSPS) is 17.6. The van der Waals surface area contributed by atoms with Gasteiger partial charge in [0.1, 0.15) is 12.0 Å². The number of piperidine rings is 1. The van der Waals surface area contributed by atoms with E-state index < -0.39 is 5.92 Å². The molecule has 20 heavy (non-hydrogen) atoms. The van der Waals surface area contributed by atoms with Crippen molar-refractivity contribution in [1.29, 1.82) is 0 Å². The Kier molecular flexibility index (Phi) is 4.32. The van der Waals surface area contributed by atoms with Crippen molar-refractivity contribution in [2.24, 2.45) is 0 Å². The lowest BCUT2D eigenvalue weighted by Gasteiger charge is -2.31. The minimum absolute atomic E-state index is 0.0452. The topological polar surface area (TPSA) is 46.6 Å². The molecule has 0 radical (unpaired) electrons. The van der Waals surface area contributed by atoms with Gasteiger partial charge in [0.15, 0.2) is 6.61 Å². The zero-order chi connectivity index (χ0) is 14.6. The van der Waals surface area contributed by atoms with Crippen LogP contribution in [0.25, 0.3) is 0 Å². The van der Waals surface area contributed by atoms with Crippen molar-refractivity contribution in [2.75, 3.05) is 19.7 Å². The summed E-state index contributed by atoms with van der Waals surface area (Å²) in [7, 11) is 0. The monoisotopic (exact) mass is 283 g/mol. The number of nitrogens with zero attached hydrogens (tertiary/aromatic N) is 1. The molecule has 1 aliphatic rings. The number of benzene rings is 1. The summed E-state index contributed by atoms with van der Waals surface area (Å²) in [5.74, 6) is -2.59. The molecule has 1 aliphatic heterocycles. The zero-order valence-corrected chi connectivity index (χ0v) is 10.9. The highest BCUT2D eigenvalue weighted by atomic mass is 19.3. The predicted octanol–water partition coefficient (Wildman–Crippen LogP) is 2.14. The maximum atomic E-state index is 13.0. The lowest BCUT2D eigenvalue weighted by atomic mass is 10.1. The summed E-state index contributed by atoms with van der Waals surface area (Å²) in [6, 6.07) is 6.41. The van der Waals surface area contributed by atoms with Crippen molar-refractivity contribution in [3.63, 3.8) is 0 Å². The van der Waals surface area contributed by atoms with Crippen LogP contribution in [0.4, 0.5) is 8.78 Å². The Bertz CT molecular complexity index is 495. The maximum Gasteiger partial charge on any atom is 0.260 e. The first-order valence-electron chi connectivity index (χ1n) is 6.34. The molecule has 0 saturated carbocycles. The number of hydrogen-bond donors (Lipinski definition) is 0. The second-order valence-corrected chi connectivity index (χ2v) is 4.72. The molecule has 6 heteroatoms. The quantitative estimate of drug-likeness (QED) is 0.795. The molecule has 2 rings (SSSR count). The van der Waals surface area contributed by atoms with Crippen molar-refractivity contribution in [3.05, 3.63) is 29.8 Å². The van der Waals surface area contributed by atoms with Gasteiger partial charge in [-0.05, 0) is 12.1 Å². The van der Waals surface area contributed by atoms with Crippen LogP contribution in [0.3, 0.4) is 0 Å². The Hall–Kier alpha value is -1.98. The van der Waals surface area contributed by atoms with E-state index in [0.717, 1.165) is 0 Å². The van der Waals surface area contributed by atoms with Gasteiger partial charge in [0.25, 0.3) is 11.8 Å². The predicted molar refractivity (Wildman–Crippen MR) is 68.1 cm³/mol. The third kappa shape index (κ3) is 3.76. The van der Waals surface area contributed by atoms with E-state index in [1.165, 1.54) is 11.0 Å². The molecule has 0 aliphatic carbocycles. The van der Waals surface area contributed by atoms with Crippen LogP contribution in [0.15, 0.2) is 24.3 Å². The summed E-state index contributed by atoms with van der Waals surface area (Å²) in [4.78, 5) is 23.8. The van der Waals surface area contributed by atoms with E-state index in [2.05, 4.69) is 0 Å². The molecule has 1 aromatic rings. The summed E-state index contributed by atoms with van der Waals surface area (Å²) in [5.41, 5.74) is 0.451. The van der Waals surface area contributed by atoms with Crippen LogP contribution < -0.4 is 4.74 Å². The van der Waals surface area contributed by atoms with Crippen molar-refractivity contribution in [3.8, 4) is 5.75 Å². The van der Waals surface area contributed by atoms with E-state index >= 15 is 0 Å². The number of hydrogen-bond acceptors (Lipinski definition) is 3. The number of alkyl halides is 2. The van der Waals surface area contributed by atoms with E-state index in [9.17, 15) is 18.4 Å². The Morgan fingerprint density at radius 1 is 1.35 bits per heavy atom. The number of likely N-dealkylation sites (tertiary alicyclic amines) is 1. The van der Waals surface area contributed by atoms with Gasteiger partial charge in [-0.1, -0.05) is 12.1 Å². The largest absolute Gasteiger partial charge is 0.484 e. The Balaban J connectivity index is 1.84.